The fourth-order valence-electron chi connectivity index (χ4n) is 2.81. The van der Waals surface area contributed by atoms with Crippen LogP contribution in [0.25, 0.3) is 0 Å². The maximum atomic E-state index is 12.6. The standard InChI is InChI=1S/C21H22ClN3O3/c1-14-12-17(8-9-18(14)22)28-13-19(26)24-20(21-23-10-11-25(21)2)15-4-6-16(27-3)7-5-15/h4-12,20H,13H2,1-3H3,(H,24,26). The number of rotatable bonds is 7. The van der Waals surface area contributed by atoms with Crippen molar-refractivity contribution < 1.29 is 14.3 Å². The summed E-state index contributed by atoms with van der Waals surface area (Å²) in [5.41, 5.74) is 1.79. The van der Waals surface area contributed by atoms with E-state index >= 15 is 0 Å². The van der Waals surface area contributed by atoms with Gasteiger partial charge in [-0.05, 0) is 48.4 Å². The summed E-state index contributed by atoms with van der Waals surface area (Å²) >= 11 is 6.02. The van der Waals surface area contributed by atoms with Crippen LogP contribution >= 0.6 is 11.6 Å². The van der Waals surface area contributed by atoms with Gasteiger partial charge in [0.2, 0.25) is 0 Å². The molecule has 28 heavy (non-hydrogen) atoms. The van der Waals surface area contributed by atoms with Gasteiger partial charge < -0.3 is 19.4 Å². The number of benzene rings is 2. The Morgan fingerprint density at radius 2 is 1.93 bits per heavy atom. The first-order chi connectivity index (χ1) is 13.5. The molecule has 0 bridgehead atoms. The van der Waals surface area contributed by atoms with Gasteiger partial charge in [-0.2, -0.15) is 0 Å². The highest BCUT2D eigenvalue weighted by Gasteiger charge is 2.21. The summed E-state index contributed by atoms with van der Waals surface area (Å²) in [7, 11) is 3.50. The van der Waals surface area contributed by atoms with Gasteiger partial charge in [-0.15, -0.1) is 0 Å². The Labute approximate surface area is 169 Å². The summed E-state index contributed by atoms with van der Waals surface area (Å²) in [4.78, 5) is 16.9. The van der Waals surface area contributed by atoms with E-state index in [2.05, 4.69) is 10.3 Å². The summed E-state index contributed by atoms with van der Waals surface area (Å²) in [6.45, 7) is 1.77. The molecule has 0 aliphatic rings. The summed E-state index contributed by atoms with van der Waals surface area (Å²) in [5.74, 6) is 1.81. The molecular weight excluding hydrogens is 378 g/mol. The number of carbonyl (C=O) groups is 1. The predicted octanol–water partition coefficient (Wildman–Crippen LogP) is 3.68. The molecular formula is C21H22ClN3O3. The second-order valence-corrected chi connectivity index (χ2v) is 6.78. The fourth-order valence-corrected chi connectivity index (χ4v) is 2.92. The SMILES string of the molecule is COc1ccc(C(NC(=O)COc2ccc(Cl)c(C)c2)c2nccn2C)cc1. The fraction of sp³-hybridized carbons (Fsp3) is 0.238. The van der Waals surface area contributed by atoms with E-state index in [9.17, 15) is 4.79 Å². The van der Waals surface area contributed by atoms with Gasteiger partial charge in [0.25, 0.3) is 5.91 Å². The van der Waals surface area contributed by atoms with Crippen molar-refractivity contribution in [2.45, 2.75) is 13.0 Å². The van der Waals surface area contributed by atoms with Crippen LogP contribution in [0.3, 0.4) is 0 Å². The molecule has 1 N–H and O–H groups in total. The van der Waals surface area contributed by atoms with Gasteiger partial charge >= 0.3 is 0 Å². The number of hydrogen-bond acceptors (Lipinski definition) is 4. The molecule has 0 saturated heterocycles. The molecule has 0 aliphatic carbocycles. The van der Waals surface area contributed by atoms with Gasteiger partial charge in [0, 0.05) is 24.5 Å². The molecule has 1 amide bonds. The van der Waals surface area contributed by atoms with Crippen LogP contribution in [0, 0.1) is 6.92 Å². The number of carbonyl (C=O) groups excluding carboxylic acids is 1. The molecule has 0 spiro atoms. The van der Waals surface area contributed by atoms with E-state index in [1.165, 1.54) is 0 Å². The van der Waals surface area contributed by atoms with E-state index in [4.69, 9.17) is 21.1 Å². The Balaban J connectivity index is 1.74. The number of aryl methyl sites for hydroxylation is 2. The second-order valence-electron chi connectivity index (χ2n) is 6.37. The zero-order valence-electron chi connectivity index (χ0n) is 16.0. The molecule has 0 radical (unpaired) electrons. The van der Waals surface area contributed by atoms with Crippen molar-refractivity contribution in [3.05, 3.63) is 76.8 Å². The molecule has 0 fully saturated rings. The molecule has 0 aliphatic heterocycles. The van der Waals surface area contributed by atoms with Gasteiger partial charge in [0.15, 0.2) is 6.61 Å². The van der Waals surface area contributed by atoms with Crippen LogP contribution in [-0.2, 0) is 11.8 Å². The lowest BCUT2D eigenvalue weighted by Gasteiger charge is -2.19. The van der Waals surface area contributed by atoms with Gasteiger partial charge in [-0.3, -0.25) is 4.79 Å². The van der Waals surface area contributed by atoms with E-state index in [0.29, 0.717) is 10.8 Å². The number of imidazole rings is 1. The number of nitrogens with one attached hydrogen (secondary N) is 1. The quantitative estimate of drug-likeness (QED) is 0.658. The van der Waals surface area contributed by atoms with E-state index in [1.54, 1.807) is 31.5 Å². The minimum Gasteiger partial charge on any atom is -0.497 e. The predicted molar refractivity (Wildman–Crippen MR) is 108 cm³/mol. The normalized spacial score (nSPS) is 11.7. The van der Waals surface area contributed by atoms with E-state index in [-0.39, 0.29) is 12.5 Å². The molecule has 3 aromatic rings. The summed E-state index contributed by atoms with van der Waals surface area (Å²) < 4.78 is 12.7. The van der Waals surface area contributed by atoms with Crippen molar-refractivity contribution >= 4 is 17.5 Å². The third-order valence-electron chi connectivity index (χ3n) is 4.37. The molecule has 146 valence electrons. The topological polar surface area (TPSA) is 65.4 Å². The van der Waals surface area contributed by atoms with Crippen molar-refractivity contribution in [2.75, 3.05) is 13.7 Å². The number of nitrogens with zero attached hydrogens (tertiary/aromatic N) is 2. The largest absolute Gasteiger partial charge is 0.497 e. The van der Waals surface area contributed by atoms with Crippen LogP contribution < -0.4 is 14.8 Å². The van der Waals surface area contributed by atoms with Crippen LogP contribution in [-0.4, -0.2) is 29.2 Å². The first kappa shape index (κ1) is 19.8. The third kappa shape index (κ3) is 4.64. The van der Waals surface area contributed by atoms with Crippen LogP contribution in [0.2, 0.25) is 5.02 Å². The van der Waals surface area contributed by atoms with Crippen LogP contribution in [0.1, 0.15) is 23.0 Å². The minimum atomic E-state index is -0.408. The average Bonchev–Trinajstić information content (AvgIpc) is 3.13. The van der Waals surface area contributed by atoms with Crippen molar-refractivity contribution in [1.82, 2.24) is 14.9 Å². The molecule has 1 atom stereocenters. The lowest BCUT2D eigenvalue weighted by Crippen LogP contribution is -2.34. The monoisotopic (exact) mass is 399 g/mol. The number of methoxy groups -OCH3 is 1. The average molecular weight is 400 g/mol. The van der Waals surface area contributed by atoms with Gasteiger partial charge in [-0.1, -0.05) is 23.7 Å². The molecule has 3 rings (SSSR count). The Morgan fingerprint density at radius 1 is 1.21 bits per heavy atom. The zero-order chi connectivity index (χ0) is 20.1. The minimum absolute atomic E-state index is 0.113. The highest BCUT2D eigenvalue weighted by Crippen LogP contribution is 2.24. The van der Waals surface area contributed by atoms with Crippen LogP contribution in [0.15, 0.2) is 54.9 Å². The molecule has 1 heterocycles. The summed E-state index contributed by atoms with van der Waals surface area (Å²) in [6, 6.07) is 12.4. The zero-order valence-corrected chi connectivity index (χ0v) is 16.7. The first-order valence-electron chi connectivity index (χ1n) is 8.77. The van der Waals surface area contributed by atoms with Crippen molar-refractivity contribution in [3.63, 3.8) is 0 Å². The Hall–Kier alpha value is -2.99. The van der Waals surface area contributed by atoms with E-state index < -0.39 is 6.04 Å². The smallest absolute Gasteiger partial charge is 0.258 e. The number of amides is 1. The lowest BCUT2D eigenvalue weighted by atomic mass is 10.1. The van der Waals surface area contributed by atoms with Crippen molar-refractivity contribution in [3.8, 4) is 11.5 Å². The Bertz CT molecular complexity index is 954. The first-order valence-corrected chi connectivity index (χ1v) is 9.15. The molecule has 1 unspecified atom stereocenters. The third-order valence-corrected chi connectivity index (χ3v) is 4.79. The number of hydrogen-bond donors (Lipinski definition) is 1. The molecule has 6 nitrogen and oxygen atoms in total. The van der Waals surface area contributed by atoms with Gasteiger partial charge in [0.05, 0.1) is 7.11 Å². The highest BCUT2D eigenvalue weighted by atomic mass is 35.5. The molecule has 7 heteroatoms. The number of aromatic nitrogens is 2. The van der Waals surface area contributed by atoms with Crippen molar-refractivity contribution in [1.29, 1.82) is 0 Å². The maximum Gasteiger partial charge on any atom is 0.258 e. The molecule has 1 aromatic heterocycles. The van der Waals surface area contributed by atoms with Crippen molar-refractivity contribution in [2.24, 2.45) is 7.05 Å². The molecule has 2 aromatic carbocycles. The number of halogens is 1. The van der Waals surface area contributed by atoms with E-state index in [0.717, 1.165) is 22.7 Å². The van der Waals surface area contributed by atoms with Gasteiger partial charge in [-0.25, -0.2) is 4.98 Å². The Kier molecular flexibility index (Phi) is 6.21. The summed E-state index contributed by atoms with van der Waals surface area (Å²) in [6.07, 6.45) is 3.54. The van der Waals surface area contributed by atoms with Crippen LogP contribution in [0.4, 0.5) is 0 Å². The Morgan fingerprint density at radius 3 is 2.54 bits per heavy atom. The molecule has 0 saturated carbocycles. The van der Waals surface area contributed by atoms with E-state index in [1.807, 2.05) is 49.0 Å². The maximum absolute atomic E-state index is 12.6. The number of ether oxygens (including phenoxy) is 2. The summed E-state index contributed by atoms with van der Waals surface area (Å²) in [5, 5.41) is 3.65. The lowest BCUT2D eigenvalue weighted by molar-refractivity contribution is -0.123. The van der Waals surface area contributed by atoms with Crippen LogP contribution in [0.5, 0.6) is 11.5 Å². The second kappa shape index (κ2) is 8.80. The highest BCUT2D eigenvalue weighted by molar-refractivity contribution is 6.31. The van der Waals surface area contributed by atoms with Gasteiger partial charge in [0.1, 0.15) is 23.4 Å².